The molecule has 0 spiro atoms. The number of amides is 3. The Hall–Kier alpha value is -5.04. The summed E-state index contributed by atoms with van der Waals surface area (Å²) in [7, 11) is -2.50. The molecule has 5 atom stereocenters. The average molecular weight is 943 g/mol. The number of aromatic nitrogens is 2. The number of nitrogens with one attached hydrogen (secondary N) is 3. The van der Waals surface area contributed by atoms with Crippen molar-refractivity contribution in [2.24, 2.45) is 5.92 Å². The topological polar surface area (TPSA) is 169 Å². The monoisotopic (exact) mass is 942 g/mol. The second-order valence-electron chi connectivity index (χ2n) is 18.5. The molecule has 3 amide bonds. The van der Waals surface area contributed by atoms with Crippen LogP contribution in [-0.4, -0.2) is 83.1 Å². The molecule has 0 radical (unpaired) electrons. The third-order valence-corrected chi connectivity index (χ3v) is 16.5. The summed E-state index contributed by atoms with van der Waals surface area (Å²) in [5.74, 6) is -2.52. The highest BCUT2D eigenvalue weighted by molar-refractivity contribution is 7.91. The number of nitrogens with zero attached hydrogens (tertiary/aromatic N) is 3. The number of anilines is 1. The molecule has 65 heavy (non-hydrogen) atoms. The highest BCUT2D eigenvalue weighted by atomic mass is 32.2. The molecule has 19 heteroatoms. The van der Waals surface area contributed by atoms with Crippen LogP contribution in [0.1, 0.15) is 114 Å². The van der Waals surface area contributed by atoms with Crippen molar-refractivity contribution in [3.05, 3.63) is 64.4 Å². The van der Waals surface area contributed by atoms with Gasteiger partial charge in [-0.1, -0.05) is 46.0 Å². The van der Waals surface area contributed by atoms with Gasteiger partial charge < -0.3 is 25.0 Å². The molecule has 2 aromatic carbocycles. The van der Waals surface area contributed by atoms with Gasteiger partial charge in [0.05, 0.1) is 35.2 Å². The van der Waals surface area contributed by atoms with E-state index in [9.17, 15) is 40.4 Å². The molecule has 13 nitrogen and oxygen atoms in total. The molecule has 2 saturated carbocycles. The second kappa shape index (κ2) is 17.6. The maximum Gasteiger partial charge on any atom is 0.416 e. The van der Waals surface area contributed by atoms with Crippen LogP contribution in [0.4, 0.5) is 23.2 Å². The first-order valence-electron chi connectivity index (χ1n) is 22.2. The number of carbonyl (C=O) groups is 3. The quantitative estimate of drug-likeness (QED) is 0.131. The zero-order valence-electron chi connectivity index (χ0n) is 36.9. The zero-order chi connectivity index (χ0) is 46.6. The standard InChI is InChI=1S/C46H54F4N6O7S2/c1-25(2)35-24-64-41(53-35)34-21-38(32-13-14-37(62-5)26(3)39(32)52-34)63-31-20-36-40(57)54-45(43(59)55-65(60,61)44(4)15-16-44)22-27(45)11-9-7-6-8-10-12-33(42(58)56(36)23-31)51-30-18-28(46(48,49)50)17-29(47)19-30/h13-14,17-19,21,24-25,27,31,33,36,51H,6-12,15-16,20,22-23H2,1-5H3,(H,54,57)(H,55,59)/t27-,31-,33+,36+,45-/m1/s1. The lowest BCUT2D eigenvalue weighted by atomic mass is 10.0. The Balaban J connectivity index is 1.16. The summed E-state index contributed by atoms with van der Waals surface area (Å²) < 4.78 is 96.4. The number of methoxy groups -OCH3 is 1. The van der Waals surface area contributed by atoms with Crippen LogP contribution in [0.2, 0.25) is 0 Å². The minimum Gasteiger partial charge on any atom is -0.496 e. The predicted octanol–water partition coefficient (Wildman–Crippen LogP) is 8.40. The van der Waals surface area contributed by atoms with E-state index in [-0.39, 0.29) is 43.3 Å². The maximum atomic E-state index is 14.9. The number of thiazole rings is 1. The molecule has 4 aliphatic rings. The van der Waals surface area contributed by atoms with Crippen molar-refractivity contribution in [1.29, 1.82) is 0 Å². The largest absolute Gasteiger partial charge is 0.496 e. The first-order valence-corrected chi connectivity index (χ1v) is 24.5. The van der Waals surface area contributed by atoms with Gasteiger partial charge in [-0.2, -0.15) is 13.2 Å². The van der Waals surface area contributed by atoms with Crippen LogP contribution in [0.3, 0.4) is 0 Å². The number of fused-ring (bicyclic) bond motifs is 3. The van der Waals surface area contributed by atoms with Gasteiger partial charge in [0.1, 0.15) is 51.7 Å². The van der Waals surface area contributed by atoms with Gasteiger partial charge in [0.2, 0.25) is 21.8 Å². The maximum absolute atomic E-state index is 14.9. The van der Waals surface area contributed by atoms with Crippen LogP contribution in [-0.2, 0) is 30.6 Å². The number of alkyl halides is 3. The molecule has 0 bridgehead atoms. The van der Waals surface area contributed by atoms with Crippen molar-refractivity contribution >= 4 is 55.7 Å². The fourth-order valence-corrected chi connectivity index (χ4v) is 11.3. The van der Waals surface area contributed by atoms with E-state index in [0.29, 0.717) is 77.7 Å². The van der Waals surface area contributed by atoms with Crippen molar-refractivity contribution in [3.8, 4) is 22.2 Å². The van der Waals surface area contributed by atoms with Gasteiger partial charge in [0.15, 0.2) is 0 Å². The van der Waals surface area contributed by atoms with E-state index in [4.69, 9.17) is 19.4 Å². The van der Waals surface area contributed by atoms with Gasteiger partial charge in [-0.3, -0.25) is 19.1 Å². The van der Waals surface area contributed by atoms with E-state index in [1.54, 1.807) is 32.2 Å². The molecular weight excluding hydrogens is 889 g/mol. The molecule has 4 aromatic rings. The van der Waals surface area contributed by atoms with Crippen LogP contribution >= 0.6 is 11.3 Å². The number of rotatable bonds is 10. The summed E-state index contributed by atoms with van der Waals surface area (Å²) in [6.07, 6.45) is -0.695. The van der Waals surface area contributed by atoms with Crippen molar-refractivity contribution in [2.45, 2.75) is 139 Å². The highest BCUT2D eigenvalue weighted by Gasteiger charge is 2.63. The summed E-state index contributed by atoms with van der Waals surface area (Å²) >= 11 is 1.43. The normalized spacial score (nSPS) is 24.9. The third kappa shape index (κ3) is 9.49. The van der Waals surface area contributed by atoms with Crippen LogP contribution in [0, 0.1) is 18.7 Å². The molecule has 4 fully saturated rings. The van der Waals surface area contributed by atoms with E-state index in [1.165, 1.54) is 16.2 Å². The molecule has 2 aliphatic carbocycles. The Labute approximate surface area is 379 Å². The van der Waals surface area contributed by atoms with E-state index in [0.717, 1.165) is 36.2 Å². The zero-order valence-corrected chi connectivity index (χ0v) is 38.6. The summed E-state index contributed by atoms with van der Waals surface area (Å²) in [5.41, 5.74) is -0.291. The minimum atomic E-state index is -4.86. The lowest BCUT2D eigenvalue weighted by Gasteiger charge is -2.30. The minimum absolute atomic E-state index is 0.0652. The second-order valence-corrected chi connectivity index (χ2v) is 21.6. The van der Waals surface area contributed by atoms with Gasteiger partial charge in [0, 0.05) is 34.5 Å². The number of pyridine rings is 1. The fraction of sp³-hybridized carbons (Fsp3) is 0.543. The smallest absolute Gasteiger partial charge is 0.416 e. The van der Waals surface area contributed by atoms with Gasteiger partial charge in [-0.25, -0.2) is 22.8 Å². The number of benzene rings is 2. The average Bonchev–Trinajstić information content (AvgIpc) is 4.02. The molecule has 8 rings (SSSR count). The summed E-state index contributed by atoms with van der Waals surface area (Å²) in [5, 5.41) is 9.02. The predicted molar refractivity (Wildman–Crippen MR) is 238 cm³/mol. The number of halogens is 4. The van der Waals surface area contributed by atoms with Crippen LogP contribution < -0.4 is 24.8 Å². The molecular formula is C46H54F4N6O7S2. The summed E-state index contributed by atoms with van der Waals surface area (Å²) in [6, 6.07) is 4.92. The number of hydrogen-bond donors (Lipinski definition) is 3. The lowest BCUT2D eigenvalue weighted by molar-refractivity contribution is -0.140. The van der Waals surface area contributed by atoms with E-state index in [2.05, 4.69) is 15.4 Å². The van der Waals surface area contributed by atoms with E-state index >= 15 is 0 Å². The van der Waals surface area contributed by atoms with Crippen LogP contribution in [0.5, 0.6) is 11.5 Å². The Morgan fingerprint density at radius 2 is 1.74 bits per heavy atom. The van der Waals surface area contributed by atoms with Crippen LogP contribution in [0.15, 0.2) is 41.8 Å². The number of carbonyl (C=O) groups excluding carboxylic acids is 3. The third-order valence-electron chi connectivity index (χ3n) is 13.4. The molecule has 2 aliphatic heterocycles. The number of sulfonamides is 1. The molecule has 0 unspecified atom stereocenters. The Morgan fingerprint density at radius 3 is 2.42 bits per heavy atom. The Morgan fingerprint density at radius 1 is 1.02 bits per heavy atom. The molecule has 3 N–H and O–H groups in total. The van der Waals surface area contributed by atoms with Gasteiger partial charge in [-0.15, -0.1) is 11.3 Å². The molecule has 2 saturated heterocycles. The Kier molecular flexibility index (Phi) is 12.6. The Bertz CT molecular complexity index is 2620. The summed E-state index contributed by atoms with van der Waals surface area (Å²) in [6.45, 7) is 7.36. The summed E-state index contributed by atoms with van der Waals surface area (Å²) in [4.78, 5) is 54.9. The van der Waals surface area contributed by atoms with Gasteiger partial charge in [-0.05, 0) is 88.1 Å². The van der Waals surface area contributed by atoms with Crippen molar-refractivity contribution < 1.29 is 49.8 Å². The van der Waals surface area contributed by atoms with E-state index in [1.807, 2.05) is 26.2 Å². The molecule has 2 aromatic heterocycles. The molecule has 350 valence electrons. The number of aryl methyl sites for hydroxylation is 1. The number of ether oxygens (including phenoxy) is 2. The SMILES string of the molecule is COc1ccc2c(O[C@@H]3C[C@H]4C(=O)N[C@]5(C(=O)NS(=O)(=O)C6(C)CC6)C[C@H]5CCCCCCC[C@H](Nc5cc(F)cc(C(F)(F)F)c5)C(=O)N4C3)cc(-c3nc(C(C)C)cs3)nc2c1C. The first-order chi connectivity index (χ1) is 30.7. The van der Waals surface area contributed by atoms with Gasteiger partial charge in [0.25, 0.3) is 5.91 Å². The highest BCUT2D eigenvalue weighted by Crippen LogP contribution is 2.49. The van der Waals surface area contributed by atoms with Crippen molar-refractivity contribution in [3.63, 3.8) is 0 Å². The first kappa shape index (κ1) is 46.5. The number of hydrogen-bond acceptors (Lipinski definition) is 11. The van der Waals surface area contributed by atoms with Crippen LogP contribution in [0.25, 0.3) is 21.6 Å². The van der Waals surface area contributed by atoms with Crippen molar-refractivity contribution in [2.75, 3.05) is 19.0 Å². The lowest BCUT2D eigenvalue weighted by Crippen LogP contribution is -2.58. The fourth-order valence-electron chi connectivity index (χ4n) is 9.05. The molecule has 4 heterocycles. The van der Waals surface area contributed by atoms with Gasteiger partial charge >= 0.3 is 6.18 Å². The van der Waals surface area contributed by atoms with Crippen molar-refractivity contribution in [1.82, 2.24) is 24.9 Å². The van der Waals surface area contributed by atoms with E-state index < -0.39 is 73.8 Å².